The summed E-state index contributed by atoms with van der Waals surface area (Å²) in [6, 6.07) is 0. The normalized spacial score (nSPS) is 20.4. The molecule has 0 saturated heterocycles. The summed E-state index contributed by atoms with van der Waals surface area (Å²) < 4.78 is 22.5. The molecule has 0 heterocycles. The average Bonchev–Trinajstić information content (AvgIpc) is 2.29. The van der Waals surface area contributed by atoms with Gasteiger partial charge in [0.05, 0.1) is 11.4 Å². The van der Waals surface area contributed by atoms with Gasteiger partial charge in [0.15, 0.2) is 0 Å². The van der Waals surface area contributed by atoms with Gasteiger partial charge in [0.1, 0.15) is 9.84 Å². The molecule has 4 nitrogen and oxygen atoms in total. The number of nitrogens with one attached hydrogen (secondary N) is 1. The largest absolute Gasteiger partial charge is 0.389 e. The SMILES string of the molecule is CCS(=O)(=O)CCCNCC1(O)CCCCC1. The van der Waals surface area contributed by atoms with Crippen molar-refractivity contribution in [2.24, 2.45) is 0 Å². The van der Waals surface area contributed by atoms with Gasteiger partial charge in [0.25, 0.3) is 0 Å². The third-order valence-corrected chi connectivity index (χ3v) is 5.28. The van der Waals surface area contributed by atoms with E-state index in [9.17, 15) is 13.5 Å². The summed E-state index contributed by atoms with van der Waals surface area (Å²) >= 11 is 0. The van der Waals surface area contributed by atoms with Crippen LogP contribution in [0.5, 0.6) is 0 Å². The van der Waals surface area contributed by atoms with E-state index in [0.29, 0.717) is 19.5 Å². The summed E-state index contributed by atoms with van der Waals surface area (Å²) in [6.07, 6.45) is 5.79. The first-order valence-corrected chi connectivity index (χ1v) is 8.43. The Balaban J connectivity index is 2.11. The third kappa shape index (κ3) is 5.84. The minimum atomic E-state index is -2.84. The lowest BCUT2D eigenvalue weighted by atomic mass is 9.85. The van der Waals surface area contributed by atoms with E-state index in [-0.39, 0.29) is 11.5 Å². The Morgan fingerprint density at radius 1 is 1.24 bits per heavy atom. The van der Waals surface area contributed by atoms with Crippen molar-refractivity contribution in [1.82, 2.24) is 5.32 Å². The highest BCUT2D eigenvalue weighted by molar-refractivity contribution is 7.91. The molecule has 0 bridgehead atoms. The molecule has 0 spiro atoms. The summed E-state index contributed by atoms with van der Waals surface area (Å²) in [7, 11) is -2.84. The van der Waals surface area contributed by atoms with Crippen LogP contribution in [-0.4, -0.2) is 43.7 Å². The Bertz CT molecular complexity index is 308. The van der Waals surface area contributed by atoms with Gasteiger partial charge >= 0.3 is 0 Å². The zero-order valence-electron chi connectivity index (χ0n) is 10.7. The molecule has 1 aliphatic carbocycles. The summed E-state index contributed by atoms with van der Waals surface area (Å²) in [5.74, 6) is 0.464. The van der Waals surface area contributed by atoms with E-state index in [4.69, 9.17) is 0 Å². The maximum absolute atomic E-state index is 11.2. The molecular formula is C12H25NO3S. The van der Waals surface area contributed by atoms with Crippen molar-refractivity contribution in [3.8, 4) is 0 Å². The lowest BCUT2D eigenvalue weighted by Gasteiger charge is -2.32. The van der Waals surface area contributed by atoms with Crippen molar-refractivity contribution < 1.29 is 13.5 Å². The standard InChI is InChI=1S/C12H25NO3S/c1-2-17(15,16)10-6-9-13-11-12(14)7-4-3-5-8-12/h13-14H,2-11H2,1H3. The fourth-order valence-corrected chi connectivity index (χ4v) is 3.14. The van der Waals surface area contributed by atoms with Crippen LogP contribution in [-0.2, 0) is 9.84 Å². The second kappa shape index (κ2) is 6.71. The summed E-state index contributed by atoms with van der Waals surface area (Å²) in [6.45, 7) is 2.94. The number of hydrogen-bond acceptors (Lipinski definition) is 4. The van der Waals surface area contributed by atoms with Crippen molar-refractivity contribution in [3.63, 3.8) is 0 Å². The van der Waals surface area contributed by atoms with E-state index in [1.807, 2.05) is 0 Å². The first-order chi connectivity index (χ1) is 7.97. The Kier molecular flexibility index (Phi) is 5.89. The summed E-state index contributed by atoms with van der Waals surface area (Å²) in [5, 5.41) is 13.4. The molecule has 0 aromatic heterocycles. The van der Waals surface area contributed by atoms with Crippen molar-refractivity contribution in [1.29, 1.82) is 0 Å². The van der Waals surface area contributed by atoms with Crippen LogP contribution in [0.15, 0.2) is 0 Å². The van der Waals surface area contributed by atoms with Crippen molar-refractivity contribution in [3.05, 3.63) is 0 Å². The highest BCUT2D eigenvalue weighted by Crippen LogP contribution is 2.27. The smallest absolute Gasteiger partial charge is 0.150 e. The highest BCUT2D eigenvalue weighted by atomic mass is 32.2. The molecule has 1 rings (SSSR count). The average molecular weight is 263 g/mol. The van der Waals surface area contributed by atoms with Gasteiger partial charge in [0, 0.05) is 12.3 Å². The molecule has 5 heteroatoms. The maximum atomic E-state index is 11.2. The van der Waals surface area contributed by atoms with Gasteiger partial charge in [-0.2, -0.15) is 0 Å². The number of hydrogen-bond donors (Lipinski definition) is 2. The quantitative estimate of drug-likeness (QED) is 0.675. The van der Waals surface area contributed by atoms with E-state index in [0.717, 1.165) is 25.7 Å². The Hall–Kier alpha value is -0.130. The topological polar surface area (TPSA) is 66.4 Å². The monoisotopic (exact) mass is 263 g/mol. The van der Waals surface area contributed by atoms with Crippen molar-refractivity contribution in [2.75, 3.05) is 24.6 Å². The second-order valence-electron chi connectivity index (χ2n) is 5.05. The molecule has 0 amide bonds. The van der Waals surface area contributed by atoms with E-state index in [1.165, 1.54) is 6.42 Å². The van der Waals surface area contributed by atoms with E-state index < -0.39 is 15.4 Å². The maximum Gasteiger partial charge on any atom is 0.150 e. The lowest BCUT2D eigenvalue weighted by Crippen LogP contribution is -2.42. The zero-order valence-corrected chi connectivity index (χ0v) is 11.6. The van der Waals surface area contributed by atoms with Gasteiger partial charge in [-0.15, -0.1) is 0 Å². The molecule has 17 heavy (non-hydrogen) atoms. The van der Waals surface area contributed by atoms with Gasteiger partial charge in [0.2, 0.25) is 0 Å². The van der Waals surface area contributed by atoms with E-state index in [2.05, 4.69) is 5.32 Å². The van der Waals surface area contributed by atoms with Gasteiger partial charge in [-0.1, -0.05) is 26.2 Å². The molecule has 0 aromatic carbocycles. The van der Waals surface area contributed by atoms with Crippen molar-refractivity contribution >= 4 is 9.84 Å². The number of sulfone groups is 1. The van der Waals surface area contributed by atoms with Crippen LogP contribution < -0.4 is 5.32 Å². The molecule has 1 saturated carbocycles. The van der Waals surface area contributed by atoms with Crippen LogP contribution in [0.25, 0.3) is 0 Å². The minimum absolute atomic E-state index is 0.219. The molecule has 0 aromatic rings. The Morgan fingerprint density at radius 3 is 2.47 bits per heavy atom. The molecule has 1 fully saturated rings. The molecule has 0 unspecified atom stereocenters. The molecular weight excluding hydrogens is 238 g/mol. The molecule has 0 aliphatic heterocycles. The van der Waals surface area contributed by atoms with Crippen LogP contribution in [0.1, 0.15) is 45.4 Å². The fourth-order valence-electron chi connectivity index (χ4n) is 2.27. The highest BCUT2D eigenvalue weighted by Gasteiger charge is 2.28. The summed E-state index contributed by atoms with van der Waals surface area (Å²) in [4.78, 5) is 0. The van der Waals surface area contributed by atoms with Crippen LogP contribution in [0.3, 0.4) is 0 Å². The third-order valence-electron chi connectivity index (χ3n) is 3.49. The van der Waals surface area contributed by atoms with Crippen molar-refractivity contribution in [2.45, 2.75) is 51.0 Å². The predicted octanol–water partition coefficient (Wildman–Crippen LogP) is 1.10. The summed E-state index contributed by atoms with van der Waals surface area (Å²) in [5.41, 5.74) is -0.554. The zero-order chi connectivity index (χ0) is 12.8. The molecule has 0 atom stereocenters. The molecule has 2 N–H and O–H groups in total. The molecule has 1 aliphatic rings. The first-order valence-electron chi connectivity index (χ1n) is 6.61. The van der Waals surface area contributed by atoms with Gasteiger partial charge < -0.3 is 10.4 Å². The van der Waals surface area contributed by atoms with E-state index >= 15 is 0 Å². The van der Waals surface area contributed by atoms with Crippen LogP contribution in [0.4, 0.5) is 0 Å². The number of aliphatic hydroxyl groups is 1. The molecule has 0 radical (unpaired) electrons. The lowest BCUT2D eigenvalue weighted by molar-refractivity contribution is 0.00514. The number of rotatable bonds is 7. The first kappa shape index (κ1) is 14.9. The fraction of sp³-hybridized carbons (Fsp3) is 1.00. The van der Waals surface area contributed by atoms with Gasteiger partial charge in [-0.25, -0.2) is 8.42 Å². The Labute approximate surface area is 105 Å². The van der Waals surface area contributed by atoms with Crippen LogP contribution in [0, 0.1) is 0 Å². The minimum Gasteiger partial charge on any atom is -0.389 e. The van der Waals surface area contributed by atoms with Gasteiger partial charge in [-0.05, 0) is 25.8 Å². The molecule has 102 valence electrons. The van der Waals surface area contributed by atoms with E-state index in [1.54, 1.807) is 6.92 Å². The Morgan fingerprint density at radius 2 is 1.88 bits per heavy atom. The van der Waals surface area contributed by atoms with Crippen LogP contribution in [0.2, 0.25) is 0 Å². The van der Waals surface area contributed by atoms with Crippen LogP contribution >= 0.6 is 0 Å². The predicted molar refractivity (Wildman–Crippen MR) is 69.8 cm³/mol. The second-order valence-corrected chi connectivity index (χ2v) is 7.52. The van der Waals surface area contributed by atoms with Gasteiger partial charge in [-0.3, -0.25) is 0 Å².